The van der Waals surface area contributed by atoms with E-state index < -0.39 is 11.5 Å². The first-order valence-electron chi connectivity index (χ1n) is 6.16. The lowest BCUT2D eigenvalue weighted by Crippen LogP contribution is -2.25. The molecule has 0 saturated carbocycles. The molecule has 2 N–H and O–H groups in total. The third kappa shape index (κ3) is 4.75. The van der Waals surface area contributed by atoms with E-state index in [2.05, 4.69) is 0 Å². The van der Waals surface area contributed by atoms with E-state index in [0.717, 1.165) is 16.7 Å². The predicted octanol–water partition coefficient (Wildman–Crippen LogP) is 1.31. The average Bonchev–Trinajstić information content (AvgIpc) is 2.29. The van der Waals surface area contributed by atoms with Crippen LogP contribution in [-0.4, -0.2) is 34.0 Å². The van der Waals surface area contributed by atoms with E-state index >= 15 is 0 Å². The molecule has 0 bridgehead atoms. The quantitative estimate of drug-likeness (QED) is 0.729. The van der Waals surface area contributed by atoms with Crippen molar-refractivity contribution in [2.75, 3.05) is 13.2 Å². The van der Waals surface area contributed by atoms with Gasteiger partial charge in [0.2, 0.25) is 0 Å². The van der Waals surface area contributed by atoms with Crippen molar-refractivity contribution in [2.45, 2.75) is 26.8 Å². The Balaban J connectivity index is 2.67. The Bertz CT molecular complexity index is 492. The van der Waals surface area contributed by atoms with Crippen LogP contribution in [0.5, 0.6) is 5.75 Å². The highest BCUT2D eigenvalue weighted by atomic mass is 16.5. The Morgan fingerprint density at radius 1 is 1.42 bits per heavy atom. The molecule has 0 aliphatic heterocycles. The number of hydrogen-bond acceptors (Lipinski definition) is 4. The number of rotatable bonds is 7. The minimum absolute atomic E-state index is 0.214. The Labute approximate surface area is 111 Å². The molecule has 1 aromatic heterocycles. The van der Waals surface area contributed by atoms with E-state index in [-0.39, 0.29) is 18.0 Å². The van der Waals surface area contributed by atoms with Crippen LogP contribution in [0.1, 0.15) is 30.8 Å². The SMILES string of the molecule is CC(C)COCCCn1c(C(=O)O)cc(O)cc1=O. The Morgan fingerprint density at radius 2 is 2.11 bits per heavy atom. The zero-order valence-corrected chi connectivity index (χ0v) is 11.1. The number of carboxylic acid groups (broad SMARTS) is 1. The molecular formula is C13H19NO5. The lowest BCUT2D eigenvalue weighted by Gasteiger charge is -2.11. The molecule has 0 saturated heterocycles. The van der Waals surface area contributed by atoms with Crippen LogP contribution in [0.25, 0.3) is 0 Å². The number of aromatic hydroxyl groups is 1. The van der Waals surface area contributed by atoms with Gasteiger partial charge in [0, 0.05) is 31.9 Å². The van der Waals surface area contributed by atoms with Crippen molar-refractivity contribution in [3.05, 3.63) is 28.2 Å². The largest absolute Gasteiger partial charge is 0.508 e. The van der Waals surface area contributed by atoms with Gasteiger partial charge in [0.05, 0.1) is 0 Å². The van der Waals surface area contributed by atoms with Gasteiger partial charge in [-0.25, -0.2) is 4.79 Å². The minimum Gasteiger partial charge on any atom is -0.508 e. The van der Waals surface area contributed by atoms with Crippen molar-refractivity contribution >= 4 is 5.97 Å². The molecule has 1 heterocycles. The van der Waals surface area contributed by atoms with Crippen LogP contribution >= 0.6 is 0 Å². The van der Waals surface area contributed by atoms with E-state index in [0.29, 0.717) is 25.6 Å². The first-order chi connectivity index (χ1) is 8.91. The highest BCUT2D eigenvalue weighted by molar-refractivity contribution is 5.86. The van der Waals surface area contributed by atoms with Crippen molar-refractivity contribution < 1.29 is 19.7 Å². The molecule has 0 aliphatic carbocycles. The summed E-state index contributed by atoms with van der Waals surface area (Å²) >= 11 is 0. The van der Waals surface area contributed by atoms with Crippen molar-refractivity contribution in [3.63, 3.8) is 0 Å². The van der Waals surface area contributed by atoms with Gasteiger partial charge < -0.3 is 19.5 Å². The lowest BCUT2D eigenvalue weighted by atomic mass is 10.2. The van der Waals surface area contributed by atoms with Crippen molar-refractivity contribution in [1.29, 1.82) is 0 Å². The van der Waals surface area contributed by atoms with E-state index in [1.165, 1.54) is 0 Å². The van der Waals surface area contributed by atoms with Gasteiger partial charge in [0.25, 0.3) is 5.56 Å². The molecule has 0 aromatic carbocycles. The maximum Gasteiger partial charge on any atom is 0.352 e. The summed E-state index contributed by atoms with van der Waals surface area (Å²) in [7, 11) is 0. The minimum atomic E-state index is -1.24. The molecule has 0 atom stereocenters. The molecule has 6 heteroatoms. The molecule has 0 fully saturated rings. The van der Waals surface area contributed by atoms with Crippen LogP contribution in [-0.2, 0) is 11.3 Å². The van der Waals surface area contributed by atoms with E-state index in [4.69, 9.17) is 9.84 Å². The molecule has 6 nitrogen and oxygen atoms in total. The summed E-state index contributed by atoms with van der Waals surface area (Å²) in [6, 6.07) is 2.07. The Hall–Kier alpha value is -1.82. The molecule has 19 heavy (non-hydrogen) atoms. The van der Waals surface area contributed by atoms with Crippen LogP contribution in [0.2, 0.25) is 0 Å². The topological polar surface area (TPSA) is 88.8 Å². The average molecular weight is 269 g/mol. The second-order valence-electron chi connectivity index (χ2n) is 4.72. The van der Waals surface area contributed by atoms with Gasteiger partial charge in [-0.15, -0.1) is 0 Å². The van der Waals surface area contributed by atoms with E-state index in [9.17, 15) is 14.7 Å². The first-order valence-corrected chi connectivity index (χ1v) is 6.16. The monoisotopic (exact) mass is 269 g/mol. The third-order valence-electron chi connectivity index (χ3n) is 2.45. The van der Waals surface area contributed by atoms with Crippen LogP contribution in [0, 0.1) is 5.92 Å². The maximum atomic E-state index is 11.6. The number of aromatic nitrogens is 1. The summed E-state index contributed by atoms with van der Waals surface area (Å²) in [5, 5.41) is 18.2. The third-order valence-corrected chi connectivity index (χ3v) is 2.45. The lowest BCUT2D eigenvalue weighted by molar-refractivity contribution is 0.0679. The van der Waals surface area contributed by atoms with Gasteiger partial charge in [0.15, 0.2) is 0 Å². The standard InChI is InChI=1S/C13H19NO5/c1-9(2)8-19-5-3-4-14-11(13(17)18)6-10(15)7-12(14)16/h6-7,9,15H,3-5,8H2,1-2H3,(H,17,18). The maximum absolute atomic E-state index is 11.6. The first kappa shape index (κ1) is 15.2. The Kier molecular flexibility index (Phi) is 5.57. The second kappa shape index (κ2) is 6.94. The summed E-state index contributed by atoms with van der Waals surface area (Å²) in [5.74, 6) is -1.14. The molecule has 1 aromatic rings. The fourth-order valence-corrected chi connectivity index (χ4v) is 1.63. The molecule has 1 rings (SSSR count). The molecular weight excluding hydrogens is 250 g/mol. The number of carboxylic acids is 1. The molecule has 0 amide bonds. The van der Waals surface area contributed by atoms with Gasteiger partial charge in [0.1, 0.15) is 11.4 Å². The normalized spacial score (nSPS) is 10.9. The number of carbonyl (C=O) groups is 1. The highest BCUT2D eigenvalue weighted by Crippen LogP contribution is 2.09. The Morgan fingerprint density at radius 3 is 2.68 bits per heavy atom. The molecule has 0 unspecified atom stereocenters. The highest BCUT2D eigenvalue weighted by Gasteiger charge is 2.12. The fourth-order valence-electron chi connectivity index (χ4n) is 1.63. The van der Waals surface area contributed by atoms with Gasteiger partial charge in [-0.2, -0.15) is 0 Å². The zero-order chi connectivity index (χ0) is 14.4. The van der Waals surface area contributed by atoms with Crippen molar-refractivity contribution in [2.24, 2.45) is 5.92 Å². The van der Waals surface area contributed by atoms with Crippen molar-refractivity contribution in [1.82, 2.24) is 4.57 Å². The number of pyridine rings is 1. The number of aromatic carboxylic acids is 1. The smallest absolute Gasteiger partial charge is 0.352 e. The summed E-state index contributed by atoms with van der Waals surface area (Å²) in [6.45, 7) is 5.42. The predicted molar refractivity (Wildman–Crippen MR) is 69.6 cm³/mol. The fraction of sp³-hybridized carbons (Fsp3) is 0.538. The van der Waals surface area contributed by atoms with Crippen LogP contribution in [0.3, 0.4) is 0 Å². The van der Waals surface area contributed by atoms with Crippen LogP contribution in [0.15, 0.2) is 16.9 Å². The summed E-state index contributed by atoms with van der Waals surface area (Å²) < 4.78 is 6.49. The summed E-state index contributed by atoms with van der Waals surface area (Å²) in [4.78, 5) is 22.6. The number of nitrogens with zero attached hydrogens (tertiary/aromatic N) is 1. The number of hydrogen-bond donors (Lipinski definition) is 2. The molecule has 0 aliphatic rings. The van der Waals surface area contributed by atoms with Crippen molar-refractivity contribution in [3.8, 4) is 5.75 Å². The van der Waals surface area contributed by atoms with E-state index in [1.807, 2.05) is 13.8 Å². The van der Waals surface area contributed by atoms with Gasteiger partial charge in [-0.05, 0) is 12.3 Å². The summed E-state index contributed by atoms with van der Waals surface area (Å²) in [6.07, 6.45) is 0.539. The van der Waals surface area contributed by atoms with Gasteiger partial charge in [-0.3, -0.25) is 4.79 Å². The van der Waals surface area contributed by atoms with Gasteiger partial charge in [-0.1, -0.05) is 13.8 Å². The molecule has 0 spiro atoms. The van der Waals surface area contributed by atoms with E-state index in [1.54, 1.807) is 0 Å². The zero-order valence-electron chi connectivity index (χ0n) is 11.1. The van der Waals surface area contributed by atoms with Gasteiger partial charge >= 0.3 is 5.97 Å². The molecule has 0 radical (unpaired) electrons. The van der Waals surface area contributed by atoms with Crippen LogP contribution in [0.4, 0.5) is 0 Å². The summed E-state index contributed by atoms with van der Waals surface area (Å²) in [5.41, 5.74) is -0.741. The second-order valence-corrected chi connectivity index (χ2v) is 4.72. The number of ether oxygens (including phenoxy) is 1. The molecule has 106 valence electrons. The van der Waals surface area contributed by atoms with Crippen LogP contribution < -0.4 is 5.56 Å².